The summed E-state index contributed by atoms with van der Waals surface area (Å²) < 4.78 is 25.7. The summed E-state index contributed by atoms with van der Waals surface area (Å²) in [5, 5.41) is 11.2. The average Bonchev–Trinajstić information content (AvgIpc) is 2.93. The molecule has 0 saturated carbocycles. The number of thiophene rings is 1. The molecule has 112 valence electrons. The summed E-state index contributed by atoms with van der Waals surface area (Å²) in [5.74, 6) is -0.272. The predicted octanol–water partition coefficient (Wildman–Crippen LogP) is 0.352. The summed E-state index contributed by atoms with van der Waals surface area (Å²) in [5.41, 5.74) is 0. The van der Waals surface area contributed by atoms with Crippen LogP contribution in [0.25, 0.3) is 0 Å². The lowest BCUT2D eigenvalue weighted by atomic mass is 10.1. The zero-order valence-corrected chi connectivity index (χ0v) is 12.9. The first-order valence-corrected chi connectivity index (χ1v) is 8.69. The van der Waals surface area contributed by atoms with Gasteiger partial charge in [-0.05, 0) is 24.3 Å². The number of sulfonamides is 1. The Kier molecular flexibility index (Phi) is 4.79. The minimum Gasteiger partial charge on any atom is -0.391 e. The van der Waals surface area contributed by atoms with Gasteiger partial charge in [0.15, 0.2) is 0 Å². The molecule has 1 aliphatic heterocycles. The van der Waals surface area contributed by atoms with Crippen LogP contribution in [0, 0.1) is 0 Å². The van der Waals surface area contributed by atoms with Gasteiger partial charge in [-0.2, -0.15) is 4.31 Å². The minimum atomic E-state index is -3.60. The van der Waals surface area contributed by atoms with E-state index in [1.54, 1.807) is 11.4 Å². The molecule has 1 aromatic rings. The molecule has 1 aliphatic rings. The fourth-order valence-electron chi connectivity index (χ4n) is 2.12. The van der Waals surface area contributed by atoms with Gasteiger partial charge in [0.2, 0.25) is 5.91 Å². The normalized spacial score (nSPS) is 20.4. The average molecular weight is 318 g/mol. The highest BCUT2D eigenvalue weighted by Gasteiger charge is 2.28. The fourth-order valence-corrected chi connectivity index (χ4v) is 4.44. The van der Waals surface area contributed by atoms with Gasteiger partial charge in [0.1, 0.15) is 4.21 Å². The molecule has 8 heteroatoms. The number of aliphatic hydroxyl groups is 1. The minimum absolute atomic E-state index is 0.201. The van der Waals surface area contributed by atoms with Crippen LogP contribution in [-0.4, -0.2) is 61.4 Å². The van der Waals surface area contributed by atoms with Crippen molar-refractivity contribution >= 4 is 27.3 Å². The molecule has 1 aromatic heterocycles. The van der Waals surface area contributed by atoms with E-state index in [4.69, 9.17) is 0 Å². The molecule has 1 fully saturated rings. The summed E-state index contributed by atoms with van der Waals surface area (Å²) in [4.78, 5) is 13.6. The van der Waals surface area contributed by atoms with Crippen LogP contribution >= 0.6 is 11.3 Å². The Hall–Kier alpha value is -0.960. The van der Waals surface area contributed by atoms with Crippen molar-refractivity contribution in [1.29, 1.82) is 0 Å². The van der Waals surface area contributed by atoms with Gasteiger partial charge in [0.25, 0.3) is 10.0 Å². The van der Waals surface area contributed by atoms with Gasteiger partial charge in [0, 0.05) is 20.1 Å². The van der Waals surface area contributed by atoms with E-state index in [1.807, 2.05) is 0 Å². The van der Waals surface area contributed by atoms with Gasteiger partial charge in [-0.25, -0.2) is 8.42 Å². The number of amides is 1. The SMILES string of the molecule is CN(CC(=O)N1CCC[C@H](O)C1)S(=O)(=O)c1cccs1. The maximum atomic E-state index is 12.2. The quantitative estimate of drug-likeness (QED) is 0.869. The Balaban J connectivity index is 2.00. The van der Waals surface area contributed by atoms with Crippen LogP contribution in [0.1, 0.15) is 12.8 Å². The number of hydrogen-bond donors (Lipinski definition) is 1. The number of hydrogen-bond acceptors (Lipinski definition) is 5. The number of piperidine rings is 1. The van der Waals surface area contributed by atoms with E-state index in [0.29, 0.717) is 13.0 Å². The molecule has 1 N–H and O–H groups in total. The highest BCUT2D eigenvalue weighted by molar-refractivity contribution is 7.91. The van der Waals surface area contributed by atoms with Crippen LogP contribution in [0.15, 0.2) is 21.7 Å². The summed E-state index contributed by atoms with van der Waals surface area (Å²) in [6.45, 7) is 0.654. The van der Waals surface area contributed by atoms with E-state index >= 15 is 0 Å². The molecule has 0 aromatic carbocycles. The van der Waals surface area contributed by atoms with Crippen LogP contribution in [0.5, 0.6) is 0 Å². The largest absolute Gasteiger partial charge is 0.391 e. The smallest absolute Gasteiger partial charge is 0.252 e. The highest BCUT2D eigenvalue weighted by atomic mass is 32.2. The van der Waals surface area contributed by atoms with Crippen LogP contribution in [0.3, 0.4) is 0 Å². The monoisotopic (exact) mass is 318 g/mol. The zero-order valence-electron chi connectivity index (χ0n) is 11.2. The molecule has 1 amide bonds. The van der Waals surface area contributed by atoms with Crippen molar-refractivity contribution in [3.8, 4) is 0 Å². The first-order chi connectivity index (χ1) is 9.41. The van der Waals surface area contributed by atoms with Gasteiger partial charge in [0.05, 0.1) is 12.6 Å². The molecule has 0 aliphatic carbocycles. The van der Waals surface area contributed by atoms with Crippen LogP contribution in [0.2, 0.25) is 0 Å². The topological polar surface area (TPSA) is 77.9 Å². The molecular formula is C12H18N2O4S2. The second-order valence-electron chi connectivity index (χ2n) is 4.83. The maximum absolute atomic E-state index is 12.2. The van der Waals surface area contributed by atoms with Gasteiger partial charge in [-0.3, -0.25) is 4.79 Å². The van der Waals surface area contributed by atoms with Crippen molar-refractivity contribution in [2.24, 2.45) is 0 Å². The Morgan fingerprint density at radius 3 is 2.95 bits per heavy atom. The van der Waals surface area contributed by atoms with Crippen LogP contribution in [0.4, 0.5) is 0 Å². The molecule has 0 unspecified atom stereocenters. The molecule has 20 heavy (non-hydrogen) atoms. The standard InChI is InChI=1S/C12H18N2O4S2/c1-13(20(17,18)12-5-3-7-19-12)9-11(16)14-6-2-4-10(15)8-14/h3,5,7,10,15H,2,4,6,8-9H2,1H3/t10-/m0/s1. The second-order valence-corrected chi connectivity index (χ2v) is 8.05. The van der Waals surface area contributed by atoms with Crippen molar-refractivity contribution in [1.82, 2.24) is 9.21 Å². The van der Waals surface area contributed by atoms with E-state index in [9.17, 15) is 18.3 Å². The number of likely N-dealkylation sites (tertiary alicyclic amines) is 1. The second kappa shape index (κ2) is 6.21. The van der Waals surface area contributed by atoms with Crippen LogP contribution < -0.4 is 0 Å². The lowest BCUT2D eigenvalue weighted by Gasteiger charge is -2.31. The summed E-state index contributed by atoms with van der Waals surface area (Å²) in [6, 6.07) is 3.18. The van der Waals surface area contributed by atoms with E-state index in [2.05, 4.69) is 0 Å². The third-order valence-electron chi connectivity index (χ3n) is 3.27. The lowest BCUT2D eigenvalue weighted by molar-refractivity contribution is -0.134. The van der Waals surface area contributed by atoms with Crippen molar-refractivity contribution in [3.63, 3.8) is 0 Å². The van der Waals surface area contributed by atoms with E-state index in [0.717, 1.165) is 22.1 Å². The Morgan fingerprint density at radius 1 is 1.60 bits per heavy atom. The predicted molar refractivity (Wildman–Crippen MR) is 76.0 cm³/mol. The molecule has 2 heterocycles. The summed E-state index contributed by atoms with van der Waals surface area (Å²) >= 11 is 1.13. The fraction of sp³-hybridized carbons (Fsp3) is 0.583. The van der Waals surface area contributed by atoms with E-state index in [1.165, 1.54) is 18.0 Å². The Labute approximate surface area is 122 Å². The molecule has 1 atom stereocenters. The molecule has 0 bridgehead atoms. The Bertz CT molecular complexity index is 556. The van der Waals surface area contributed by atoms with Gasteiger partial charge in [-0.1, -0.05) is 6.07 Å². The Morgan fingerprint density at radius 2 is 2.35 bits per heavy atom. The number of β-amino-alcohol motifs (C(OH)–C–C–N with tert-alkyl or cyclic N) is 1. The van der Waals surface area contributed by atoms with Crippen molar-refractivity contribution in [2.45, 2.75) is 23.2 Å². The van der Waals surface area contributed by atoms with Gasteiger partial charge < -0.3 is 10.0 Å². The summed E-state index contributed by atoms with van der Waals surface area (Å²) in [7, 11) is -2.20. The highest BCUT2D eigenvalue weighted by Crippen LogP contribution is 2.20. The van der Waals surface area contributed by atoms with Crippen LogP contribution in [-0.2, 0) is 14.8 Å². The number of carbonyl (C=O) groups is 1. The number of aliphatic hydroxyl groups excluding tert-OH is 1. The van der Waals surface area contributed by atoms with Gasteiger partial charge in [-0.15, -0.1) is 11.3 Å². The number of rotatable bonds is 4. The number of carbonyl (C=O) groups excluding carboxylic acids is 1. The molecule has 1 saturated heterocycles. The van der Waals surface area contributed by atoms with Crippen molar-refractivity contribution in [3.05, 3.63) is 17.5 Å². The first kappa shape index (κ1) is 15.4. The maximum Gasteiger partial charge on any atom is 0.252 e. The molecular weight excluding hydrogens is 300 g/mol. The van der Waals surface area contributed by atoms with Crippen molar-refractivity contribution < 1.29 is 18.3 Å². The molecule has 6 nitrogen and oxygen atoms in total. The third kappa shape index (κ3) is 3.38. The molecule has 0 radical (unpaired) electrons. The lowest BCUT2D eigenvalue weighted by Crippen LogP contribution is -2.46. The van der Waals surface area contributed by atoms with Gasteiger partial charge >= 0.3 is 0 Å². The number of likely N-dealkylation sites (N-methyl/N-ethyl adjacent to an activating group) is 1. The number of nitrogens with zero attached hydrogens (tertiary/aromatic N) is 2. The van der Waals surface area contributed by atoms with Crippen molar-refractivity contribution in [2.75, 3.05) is 26.7 Å². The summed E-state index contributed by atoms with van der Waals surface area (Å²) in [6.07, 6.45) is 0.924. The van der Waals surface area contributed by atoms with E-state index in [-0.39, 0.29) is 23.2 Å². The van der Waals surface area contributed by atoms with E-state index < -0.39 is 16.1 Å². The molecule has 0 spiro atoms. The third-order valence-corrected chi connectivity index (χ3v) is 6.44. The zero-order chi connectivity index (χ0) is 14.8. The molecule has 2 rings (SSSR count). The first-order valence-electron chi connectivity index (χ1n) is 6.37.